The fraction of sp³-hybridized carbons (Fsp3) is 0.200. The van der Waals surface area contributed by atoms with Gasteiger partial charge in [-0.05, 0) is 34.1 Å². The number of rotatable bonds is 5. The molecule has 2 heterocycles. The first-order valence-corrected chi connectivity index (χ1v) is 8.46. The van der Waals surface area contributed by atoms with Crippen LogP contribution in [-0.4, -0.2) is 11.1 Å². The minimum absolute atomic E-state index is 0.815. The van der Waals surface area contributed by atoms with Crippen molar-refractivity contribution >= 4 is 49.8 Å². The van der Waals surface area contributed by atoms with Crippen molar-refractivity contribution in [1.82, 2.24) is 9.88 Å². The number of nitrogens with zero attached hydrogens (tertiary/aromatic N) is 1. The van der Waals surface area contributed by atoms with Gasteiger partial charge in [-0.3, -0.25) is 0 Å². The van der Waals surface area contributed by atoms with Gasteiger partial charge in [0.15, 0.2) is 0 Å². The van der Waals surface area contributed by atoms with Crippen LogP contribution in [0.2, 0.25) is 5.02 Å². The van der Waals surface area contributed by atoms with Crippen molar-refractivity contribution in [2.24, 2.45) is 0 Å². The van der Waals surface area contributed by atoms with Crippen molar-refractivity contribution in [3.8, 4) is 0 Å². The molecule has 0 aliphatic heterocycles. The van der Waals surface area contributed by atoms with E-state index < -0.39 is 0 Å². The summed E-state index contributed by atoms with van der Waals surface area (Å²) >= 11 is 11.5. The van der Waals surface area contributed by atoms with E-state index >= 15 is 0 Å². The summed E-state index contributed by atoms with van der Waals surface area (Å²) in [6.45, 7) is 2.74. The van der Waals surface area contributed by atoms with Crippen LogP contribution in [0.15, 0.2) is 46.4 Å². The van der Waals surface area contributed by atoms with Gasteiger partial charge in [-0.1, -0.05) is 23.7 Å². The highest BCUT2D eigenvalue weighted by atomic mass is 79.9. The third-order valence-corrected chi connectivity index (χ3v) is 5.19. The lowest BCUT2D eigenvalue weighted by Crippen LogP contribution is -2.18. The van der Waals surface area contributed by atoms with E-state index in [1.165, 1.54) is 10.3 Å². The van der Waals surface area contributed by atoms with Gasteiger partial charge in [0.2, 0.25) is 0 Å². The van der Waals surface area contributed by atoms with Gasteiger partial charge in [0.05, 0.1) is 10.5 Å². The van der Waals surface area contributed by atoms with Crippen LogP contribution in [0.3, 0.4) is 0 Å². The lowest BCUT2D eigenvalue weighted by atomic mass is 10.2. The van der Waals surface area contributed by atoms with Crippen LogP contribution in [0, 0.1) is 0 Å². The molecule has 1 N–H and O–H groups in total. The predicted octanol–water partition coefficient (Wildman–Crippen LogP) is 4.91. The molecule has 0 amide bonds. The third kappa shape index (κ3) is 3.09. The zero-order chi connectivity index (χ0) is 13.9. The van der Waals surface area contributed by atoms with Crippen molar-refractivity contribution in [2.45, 2.75) is 13.1 Å². The van der Waals surface area contributed by atoms with E-state index in [-0.39, 0.29) is 0 Å². The van der Waals surface area contributed by atoms with Gasteiger partial charge in [0, 0.05) is 45.9 Å². The van der Waals surface area contributed by atoms with E-state index in [0.29, 0.717) is 0 Å². The molecule has 3 rings (SSSR count). The molecule has 2 nitrogen and oxygen atoms in total. The van der Waals surface area contributed by atoms with Crippen LogP contribution in [0.25, 0.3) is 10.9 Å². The summed E-state index contributed by atoms with van der Waals surface area (Å²) in [5, 5.41) is 7.58. The Labute approximate surface area is 135 Å². The Balaban J connectivity index is 1.60. The molecule has 0 radical (unpaired) electrons. The van der Waals surface area contributed by atoms with Gasteiger partial charge in [-0.2, -0.15) is 0 Å². The van der Waals surface area contributed by atoms with Gasteiger partial charge < -0.3 is 9.88 Å². The molecule has 0 saturated carbocycles. The Morgan fingerprint density at radius 2 is 2.20 bits per heavy atom. The highest BCUT2D eigenvalue weighted by Gasteiger charge is 2.04. The van der Waals surface area contributed by atoms with Crippen molar-refractivity contribution in [2.75, 3.05) is 6.54 Å². The standard InChI is InChI=1S/C15H14BrClN2S/c16-12-8-13(20-10-12)9-18-5-7-19-6-4-11-2-1-3-14(17)15(11)19/h1-4,6,8,10,18H,5,7,9H2. The first kappa shape index (κ1) is 14.1. The van der Waals surface area contributed by atoms with Crippen molar-refractivity contribution < 1.29 is 0 Å². The molecule has 0 atom stereocenters. The maximum atomic E-state index is 6.27. The lowest BCUT2D eigenvalue weighted by molar-refractivity contribution is 0.613. The molecule has 5 heteroatoms. The first-order valence-electron chi connectivity index (χ1n) is 6.41. The number of hydrogen-bond acceptors (Lipinski definition) is 2. The number of nitrogens with one attached hydrogen (secondary N) is 1. The van der Waals surface area contributed by atoms with Crippen molar-refractivity contribution in [3.05, 3.63) is 56.3 Å². The summed E-state index contributed by atoms with van der Waals surface area (Å²) in [5.74, 6) is 0. The molecule has 104 valence electrons. The summed E-state index contributed by atoms with van der Waals surface area (Å²) in [7, 11) is 0. The largest absolute Gasteiger partial charge is 0.345 e. The van der Waals surface area contributed by atoms with Crippen LogP contribution < -0.4 is 5.32 Å². The zero-order valence-corrected chi connectivity index (χ0v) is 13.9. The van der Waals surface area contributed by atoms with Crippen molar-refractivity contribution in [3.63, 3.8) is 0 Å². The van der Waals surface area contributed by atoms with Crippen LogP contribution in [0.5, 0.6) is 0 Å². The van der Waals surface area contributed by atoms with E-state index in [1.54, 1.807) is 11.3 Å². The fourth-order valence-corrected chi connectivity index (χ4v) is 3.97. The van der Waals surface area contributed by atoms with E-state index in [1.807, 2.05) is 12.1 Å². The topological polar surface area (TPSA) is 17.0 Å². The molecule has 0 aliphatic rings. The second-order valence-corrected chi connectivity index (χ2v) is 6.91. The number of halogens is 2. The molecule has 2 aromatic heterocycles. The Kier molecular flexibility index (Phi) is 4.46. The number of aromatic nitrogens is 1. The maximum Gasteiger partial charge on any atom is 0.0670 e. The molecule has 3 aromatic rings. The Bertz CT molecular complexity index is 720. The quantitative estimate of drug-likeness (QED) is 0.632. The molecule has 1 aromatic carbocycles. The van der Waals surface area contributed by atoms with Gasteiger partial charge in [-0.15, -0.1) is 11.3 Å². The summed E-state index contributed by atoms with van der Waals surface area (Å²) in [4.78, 5) is 1.34. The molecule has 0 aliphatic carbocycles. The average Bonchev–Trinajstić information content (AvgIpc) is 3.02. The van der Waals surface area contributed by atoms with Gasteiger partial charge >= 0.3 is 0 Å². The number of thiophene rings is 1. The molecule has 0 bridgehead atoms. The first-order chi connectivity index (χ1) is 9.74. The monoisotopic (exact) mass is 368 g/mol. The molecule has 20 heavy (non-hydrogen) atoms. The van der Waals surface area contributed by atoms with E-state index in [9.17, 15) is 0 Å². The zero-order valence-electron chi connectivity index (χ0n) is 10.8. The Hall–Kier alpha value is -0.810. The summed E-state index contributed by atoms with van der Waals surface area (Å²) in [6, 6.07) is 10.3. The minimum Gasteiger partial charge on any atom is -0.345 e. The van der Waals surface area contributed by atoms with E-state index in [0.717, 1.165) is 34.6 Å². The van der Waals surface area contributed by atoms with Crippen LogP contribution in [-0.2, 0) is 13.1 Å². The number of fused-ring (bicyclic) bond motifs is 1. The predicted molar refractivity (Wildman–Crippen MR) is 90.7 cm³/mol. The number of para-hydroxylation sites is 1. The number of benzene rings is 1. The minimum atomic E-state index is 0.815. The maximum absolute atomic E-state index is 6.27. The number of hydrogen-bond donors (Lipinski definition) is 1. The van der Waals surface area contributed by atoms with E-state index in [4.69, 9.17) is 11.6 Å². The molecular weight excluding hydrogens is 356 g/mol. The second kappa shape index (κ2) is 6.31. The smallest absolute Gasteiger partial charge is 0.0670 e. The average molecular weight is 370 g/mol. The SMILES string of the molecule is Clc1cccc2ccn(CCNCc3cc(Br)cs3)c12. The van der Waals surface area contributed by atoms with Crippen molar-refractivity contribution in [1.29, 1.82) is 0 Å². The van der Waals surface area contributed by atoms with Crippen LogP contribution in [0.4, 0.5) is 0 Å². The van der Waals surface area contributed by atoms with Gasteiger partial charge in [-0.25, -0.2) is 0 Å². The molecular formula is C15H14BrClN2S. The summed E-state index contributed by atoms with van der Waals surface area (Å²) < 4.78 is 3.36. The summed E-state index contributed by atoms with van der Waals surface area (Å²) in [5.41, 5.74) is 1.12. The normalized spacial score (nSPS) is 11.3. The highest BCUT2D eigenvalue weighted by Crippen LogP contribution is 2.24. The Morgan fingerprint density at radius 1 is 1.30 bits per heavy atom. The van der Waals surface area contributed by atoms with Gasteiger partial charge in [0.1, 0.15) is 0 Å². The highest BCUT2D eigenvalue weighted by molar-refractivity contribution is 9.10. The fourth-order valence-electron chi connectivity index (χ4n) is 2.26. The van der Waals surface area contributed by atoms with Crippen LogP contribution in [0.1, 0.15) is 4.88 Å². The molecule has 0 saturated heterocycles. The molecule has 0 spiro atoms. The van der Waals surface area contributed by atoms with Crippen LogP contribution >= 0.6 is 38.9 Å². The molecule has 0 fully saturated rings. The summed E-state index contributed by atoms with van der Waals surface area (Å²) in [6.07, 6.45) is 2.10. The lowest BCUT2D eigenvalue weighted by Gasteiger charge is -2.07. The van der Waals surface area contributed by atoms with Gasteiger partial charge in [0.25, 0.3) is 0 Å². The second-order valence-electron chi connectivity index (χ2n) is 4.59. The third-order valence-electron chi connectivity index (χ3n) is 3.19. The molecule has 0 unspecified atom stereocenters. The Morgan fingerprint density at radius 3 is 3.00 bits per heavy atom. The van der Waals surface area contributed by atoms with E-state index in [2.05, 4.69) is 55.6 Å².